The van der Waals surface area contributed by atoms with Gasteiger partial charge in [-0.25, -0.2) is 4.98 Å². The Morgan fingerprint density at radius 1 is 1.15 bits per heavy atom. The molecule has 1 aliphatic rings. The Kier molecular flexibility index (Phi) is 9.55. The molecule has 3 amide bonds. The minimum atomic E-state index is -1.04. The molecular weight excluding hydrogens is 606 g/mol. The van der Waals surface area contributed by atoms with Crippen LogP contribution in [0.15, 0.2) is 54.7 Å². The van der Waals surface area contributed by atoms with Gasteiger partial charge in [-0.05, 0) is 67.5 Å². The van der Waals surface area contributed by atoms with Gasteiger partial charge in [-0.1, -0.05) is 42.8 Å². The number of methoxy groups -OCH3 is 1. The average Bonchev–Trinajstić information content (AvgIpc) is 3.39. The first kappa shape index (κ1) is 33.2. The fourth-order valence-corrected chi connectivity index (χ4v) is 6.38. The number of hydrogen-bond acceptors (Lipinski definition) is 6. The maximum atomic E-state index is 13.7. The normalized spacial score (nSPS) is 17.0. The summed E-state index contributed by atoms with van der Waals surface area (Å²) in [5.41, 5.74) is 2.35. The van der Waals surface area contributed by atoms with E-state index < -0.39 is 11.5 Å². The summed E-state index contributed by atoms with van der Waals surface area (Å²) in [5.74, 6) is -0.257. The molecule has 0 aliphatic heterocycles. The van der Waals surface area contributed by atoms with E-state index in [-0.39, 0.29) is 41.7 Å². The minimum Gasteiger partial charge on any atom is -0.383 e. The molecule has 2 aromatic heterocycles. The Morgan fingerprint density at radius 3 is 2.52 bits per heavy atom. The van der Waals surface area contributed by atoms with Crippen LogP contribution in [0.3, 0.4) is 0 Å². The number of aromatic nitrogens is 4. The van der Waals surface area contributed by atoms with E-state index in [0.717, 1.165) is 29.5 Å². The van der Waals surface area contributed by atoms with Crippen molar-refractivity contribution in [1.82, 2.24) is 35.7 Å². The molecule has 0 bridgehead atoms. The number of nitrogens with zero attached hydrogens (tertiary/aromatic N) is 3. The quantitative estimate of drug-likeness (QED) is 0.168. The number of amides is 3. The van der Waals surface area contributed by atoms with E-state index in [0.29, 0.717) is 28.6 Å². The number of H-pyrrole nitrogens is 1. The van der Waals surface area contributed by atoms with Gasteiger partial charge in [0.05, 0.1) is 29.1 Å². The molecule has 11 nitrogen and oxygen atoms in total. The van der Waals surface area contributed by atoms with Crippen LogP contribution in [0, 0.1) is 5.41 Å². The summed E-state index contributed by atoms with van der Waals surface area (Å²) in [7, 11) is 3.29. The maximum Gasteiger partial charge on any atom is 0.270 e. The number of carbonyl (C=O) groups is 3. The summed E-state index contributed by atoms with van der Waals surface area (Å²) >= 11 is 6.80. The molecule has 5 rings (SSSR count). The third kappa shape index (κ3) is 6.80. The van der Waals surface area contributed by atoms with Gasteiger partial charge in [0, 0.05) is 50.8 Å². The Hall–Kier alpha value is -4.22. The Labute approximate surface area is 273 Å². The predicted molar refractivity (Wildman–Crippen MR) is 177 cm³/mol. The molecule has 1 unspecified atom stereocenters. The fourth-order valence-electron chi connectivity index (χ4n) is 6.13. The molecule has 2 heterocycles. The van der Waals surface area contributed by atoms with Gasteiger partial charge in [0.15, 0.2) is 0 Å². The van der Waals surface area contributed by atoms with Crippen LogP contribution in [-0.4, -0.2) is 63.8 Å². The van der Waals surface area contributed by atoms with Crippen LogP contribution in [0.1, 0.15) is 79.9 Å². The summed E-state index contributed by atoms with van der Waals surface area (Å²) in [6.07, 6.45) is 3.56. The van der Waals surface area contributed by atoms with Crippen LogP contribution in [0.25, 0.3) is 11.0 Å². The monoisotopic (exact) mass is 647 g/mol. The molecule has 2 aromatic carbocycles. The van der Waals surface area contributed by atoms with Crippen molar-refractivity contribution in [3.05, 3.63) is 82.4 Å². The van der Waals surface area contributed by atoms with Gasteiger partial charge in [0.25, 0.3) is 5.91 Å². The van der Waals surface area contributed by atoms with Gasteiger partial charge >= 0.3 is 0 Å². The largest absolute Gasteiger partial charge is 0.383 e. The van der Waals surface area contributed by atoms with Gasteiger partial charge in [-0.15, -0.1) is 0 Å². The van der Waals surface area contributed by atoms with Crippen LogP contribution in [0.4, 0.5) is 0 Å². The second-order valence-electron chi connectivity index (χ2n) is 12.9. The summed E-state index contributed by atoms with van der Waals surface area (Å²) in [5, 5.41) is 13.8. The van der Waals surface area contributed by atoms with Gasteiger partial charge < -0.3 is 25.7 Å². The molecule has 4 atom stereocenters. The molecule has 0 saturated heterocycles. The highest BCUT2D eigenvalue weighted by atomic mass is 35.5. The second-order valence-corrected chi connectivity index (χ2v) is 13.3. The molecule has 0 radical (unpaired) electrons. The standard InChI is InChI=1S/C34H42ClN7O4/c1-20(18-36-21(2)43)38-32(45)34(4,19-46-6)22-11-12-25-26(17-22)40-30(39-25)29(41-31(44)27-13-16-37-42(27)5)28(33(3)14-15-33)23-9-7-8-10-24(23)35/h7-13,16-17,20,28-29H,14-15,18-19H2,1-6H3,(H,36,43)(H,38,45)(H,39,40)(H,41,44)/t20-,28+,29+,34?/m1/s1. The number of hydrogen-bond donors (Lipinski definition) is 4. The Morgan fingerprint density at radius 2 is 1.89 bits per heavy atom. The first-order valence-corrected chi connectivity index (χ1v) is 15.8. The zero-order valence-electron chi connectivity index (χ0n) is 27.1. The van der Waals surface area contributed by atoms with E-state index >= 15 is 0 Å². The highest BCUT2D eigenvalue weighted by Crippen LogP contribution is 2.60. The third-order valence-corrected chi connectivity index (χ3v) is 9.45. The number of aryl methyl sites for hydroxylation is 1. The summed E-state index contributed by atoms with van der Waals surface area (Å²) in [4.78, 5) is 47.2. The molecule has 12 heteroatoms. The zero-order chi connectivity index (χ0) is 33.2. The fraction of sp³-hybridized carbons (Fsp3) is 0.441. The third-order valence-electron chi connectivity index (χ3n) is 9.11. The molecule has 1 aliphatic carbocycles. The van der Waals surface area contributed by atoms with E-state index in [9.17, 15) is 14.4 Å². The van der Waals surface area contributed by atoms with Crippen molar-refractivity contribution in [2.45, 2.75) is 64.0 Å². The Balaban J connectivity index is 1.55. The molecule has 0 spiro atoms. The topological polar surface area (TPSA) is 143 Å². The number of ether oxygens (including phenoxy) is 1. The number of halogens is 1. The number of rotatable bonds is 13. The van der Waals surface area contributed by atoms with Crippen molar-refractivity contribution in [2.75, 3.05) is 20.3 Å². The second kappa shape index (κ2) is 13.3. The summed E-state index contributed by atoms with van der Waals surface area (Å²) in [6, 6.07) is 14.3. The van der Waals surface area contributed by atoms with Crippen LogP contribution >= 0.6 is 11.6 Å². The van der Waals surface area contributed by atoms with E-state index in [1.54, 1.807) is 31.1 Å². The number of carbonyl (C=O) groups excluding carboxylic acids is 3. The van der Waals surface area contributed by atoms with Crippen LogP contribution in [0.5, 0.6) is 0 Å². The number of benzene rings is 2. The van der Waals surface area contributed by atoms with E-state index in [4.69, 9.17) is 21.3 Å². The molecular formula is C34H42ClN7O4. The minimum absolute atomic E-state index is 0.109. The maximum absolute atomic E-state index is 13.7. The van der Waals surface area contributed by atoms with Crippen molar-refractivity contribution in [2.24, 2.45) is 12.5 Å². The number of imidazole rings is 1. The van der Waals surface area contributed by atoms with Crippen LogP contribution < -0.4 is 16.0 Å². The Bertz CT molecular complexity index is 1750. The van der Waals surface area contributed by atoms with Gasteiger partial charge in [-0.3, -0.25) is 19.1 Å². The highest BCUT2D eigenvalue weighted by Gasteiger charge is 2.51. The van der Waals surface area contributed by atoms with E-state index in [1.165, 1.54) is 6.92 Å². The predicted octanol–water partition coefficient (Wildman–Crippen LogP) is 4.55. The lowest BCUT2D eigenvalue weighted by Crippen LogP contribution is -2.50. The number of fused-ring (bicyclic) bond motifs is 1. The van der Waals surface area contributed by atoms with E-state index in [2.05, 4.69) is 33.0 Å². The SMILES string of the molecule is COCC(C)(C(=O)N[C@H](C)CNC(C)=O)c1ccc2[nH]c([C@@H](NC(=O)c3ccnn3C)[C@H](c3ccccc3Cl)C3(C)CC3)nc2c1. The van der Waals surface area contributed by atoms with Crippen molar-refractivity contribution < 1.29 is 19.1 Å². The lowest BCUT2D eigenvalue weighted by molar-refractivity contribution is -0.129. The molecule has 4 N–H and O–H groups in total. The summed E-state index contributed by atoms with van der Waals surface area (Å²) < 4.78 is 7.06. The first-order chi connectivity index (χ1) is 21.9. The highest BCUT2D eigenvalue weighted by molar-refractivity contribution is 6.31. The lowest BCUT2D eigenvalue weighted by Gasteiger charge is -2.32. The number of aromatic amines is 1. The molecule has 4 aromatic rings. The van der Waals surface area contributed by atoms with Gasteiger partial charge in [0.1, 0.15) is 11.5 Å². The van der Waals surface area contributed by atoms with Crippen LogP contribution in [-0.2, 0) is 26.8 Å². The van der Waals surface area contributed by atoms with Crippen molar-refractivity contribution in [3.63, 3.8) is 0 Å². The molecule has 46 heavy (non-hydrogen) atoms. The molecule has 244 valence electrons. The van der Waals surface area contributed by atoms with Crippen LogP contribution in [0.2, 0.25) is 5.02 Å². The molecule has 1 fully saturated rings. The van der Waals surface area contributed by atoms with Gasteiger partial charge in [-0.2, -0.15) is 5.10 Å². The number of nitrogens with one attached hydrogen (secondary N) is 4. The van der Waals surface area contributed by atoms with Crippen molar-refractivity contribution in [3.8, 4) is 0 Å². The zero-order valence-corrected chi connectivity index (χ0v) is 27.9. The van der Waals surface area contributed by atoms with Crippen molar-refractivity contribution >= 4 is 40.4 Å². The summed E-state index contributed by atoms with van der Waals surface area (Å²) in [6.45, 7) is 7.75. The average molecular weight is 648 g/mol. The first-order valence-electron chi connectivity index (χ1n) is 15.4. The van der Waals surface area contributed by atoms with E-state index in [1.807, 2.05) is 56.3 Å². The smallest absolute Gasteiger partial charge is 0.270 e. The van der Waals surface area contributed by atoms with Gasteiger partial charge in [0.2, 0.25) is 11.8 Å². The lowest BCUT2D eigenvalue weighted by atomic mass is 9.78. The van der Waals surface area contributed by atoms with Crippen molar-refractivity contribution in [1.29, 1.82) is 0 Å². The molecule has 1 saturated carbocycles.